The molecule has 2 N–H and O–H groups in total. The minimum atomic E-state index is -0.638. The zero-order valence-corrected chi connectivity index (χ0v) is 13.9. The molecule has 0 spiro atoms. The van der Waals surface area contributed by atoms with Crippen LogP contribution in [0.4, 0.5) is 0 Å². The number of hydrogen-bond donors (Lipinski definition) is 2. The summed E-state index contributed by atoms with van der Waals surface area (Å²) in [6.07, 6.45) is 3.24. The third kappa shape index (κ3) is 4.92. The van der Waals surface area contributed by atoms with Crippen LogP contribution in [0.2, 0.25) is 0 Å². The molecule has 0 aromatic heterocycles. The van der Waals surface area contributed by atoms with Crippen LogP contribution in [0.1, 0.15) is 40.5 Å². The lowest BCUT2D eigenvalue weighted by atomic mass is 9.98. The van der Waals surface area contributed by atoms with E-state index in [0.717, 1.165) is 0 Å². The summed E-state index contributed by atoms with van der Waals surface area (Å²) in [7, 11) is 1.62. The number of imide groups is 1. The van der Waals surface area contributed by atoms with E-state index in [9.17, 15) is 14.4 Å². The van der Waals surface area contributed by atoms with Crippen molar-refractivity contribution >= 4 is 17.7 Å². The first-order valence-corrected chi connectivity index (χ1v) is 7.25. The highest BCUT2D eigenvalue weighted by Crippen LogP contribution is 2.24. The summed E-state index contributed by atoms with van der Waals surface area (Å²) in [6, 6.07) is 0. The Morgan fingerprint density at radius 3 is 2.23 bits per heavy atom. The first kappa shape index (κ1) is 18.3. The maximum Gasteiger partial charge on any atom is 0.254 e. The van der Waals surface area contributed by atoms with Crippen molar-refractivity contribution in [3.8, 4) is 0 Å². The predicted molar refractivity (Wildman–Crippen MR) is 81.5 cm³/mol. The van der Waals surface area contributed by atoms with E-state index in [4.69, 9.17) is 4.74 Å². The third-order valence-electron chi connectivity index (χ3n) is 3.47. The van der Waals surface area contributed by atoms with Gasteiger partial charge in [-0.15, -0.1) is 0 Å². The molecule has 22 heavy (non-hydrogen) atoms. The Morgan fingerprint density at radius 1 is 1.18 bits per heavy atom. The molecular weight excluding hydrogens is 286 g/mol. The maximum atomic E-state index is 11.7. The molecule has 0 aromatic rings. The van der Waals surface area contributed by atoms with Crippen LogP contribution < -0.4 is 10.9 Å². The van der Waals surface area contributed by atoms with Crippen molar-refractivity contribution in [1.82, 2.24) is 15.8 Å². The monoisotopic (exact) mass is 311 g/mol. The van der Waals surface area contributed by atoms with Crippen LogP contribution in [0.25, 0.3) is 0 Å². The Hall–Kier alpha value is -1.73. The molecule has 0 radical (unpaired) electrons. The minimum Gasteiger partial charge on any atom is -0.375 e. The van der Waals surface area contributed by atoms with E-state index < -0.39 is 11.1 Å². The molecule has 0 saturated heterocycles. The molecule has 0 fully saturated rings. The minimum absolute atomic E-state index is 0.166. The largest absolute Gasteiger partial charge is 0.375 e. The summed E-state index contributed by atoms with van der Waals surface area (Å²) in [4.78, 5) is 36.2. The van der Waals surface area contributed by atoms with Crippen molar-refractivity contribution in [2.45, 2.75) is 51.7 Å². The van der Waals surface area contributed by atoms with Gasteiger partial charge < -0.3 is 4.74 Å². The van der Waals surface area contributed by atoms with Crippen molar-refractivity contribution in [3.05, 3.63) is 12.2 Å². The molecule has 1 rings (SSSR count). The molecule has 7 heteroatoms. The summed E-state index contributed by atoms with van der Waals surface area (Å²) in [5, 5.41) is 0. The molecule has 1 aliphatic rings. The number of nitrogens with one attached hydrogen (secondary N) is 2. The van der Waals surface area contributed by atoms with Crippen molar-refractivity contribution in [3.63, 3.8) is 0 Å². The van der Waals surface area contributed by atoms with E-state index in [0.29, 0.717) is 13.0 Å². The highest BCUT2D eigenvalue weighted by molar-refractivity contribution is 6.13. The summed E-state index contributed by atoms with van der Waals surface area (Å²) in [5.74, 6) is -0.772. The topological polar surface area (TPSA) is 87.7 Å². The Kier molecular flexibility index (Phi) is 5.85. The van der Waals surface area contributed by atoms with E-state index in [1.165, 1.54) is 17.1 Å². The van der Waals surface area contributed by atoms with E-state index in [-0.39, 0.29) is 24.1 Å². The van der Waals surface area contributed by atoms with E-state index in [1.807, 2.05) is 27.7 Å². The average molecular weight is 311 g/mol. The zero-order valence-electron chi connectivity index (χ0n) is 13.9. The van der Waals surface area contributed by atoms with Crippen molar-refractivity contribution in [2.24, 2.45) is 0 Å². The number of ether oxygens (including phenoxy) is 1. The third-order valence-corrected chi connectivity index (χ3v) is 3.47. The van der Waals surface area contributed by atoms with Gasteiger partial charge in [0.15, 0.2) is 0 Å². The number of rotatable bonds is 8. The first-order valence-electron chi connectivity index (χ1n) is 7.25. The molecule has 1 heterocycles. The normalized spacial score (nSPS) is 15.6. The fourth-order valence-corrected chi connectivity index (χ4v) is 2.31. The van der Waals surface area contributed by atoms with Gasteiger partial charge in [-0.05, 0) is 34.1 Å². The molecule has 0 bridgehead atoms. The maximum absolute atomic E-state index is 11.7. The number of carbonyl (C=O) groups is 3. The highest BCUT2D eigenvalue weighted by atomic mass is 16.5. The summed E-state index contributed by atoms with van der Waals surface area (Å²) in [6.45, 7) is 7.62. The lowest BCUT2D eigenvalue weighted by Crippen LogP contribution is -2.48. The van der Waals surface area contributed by atoms with Gasteiger partial charge in [0.2, 0.25) is 5.91 Å². The highest BCUT2D eigenvalue weighted by Gasteiger charge is 2.37. The smallest absolute Gasteiger partial charge is 0.254 e. The molecule has 0 aliphatic carbocycles. The van der Waals surface area contributed by atoms with Gasteiger partial charge in [0.1, 0.15) is 0 Å². The zero-order chi connectivity index (χ0) is 17.0. The second-order valence-electron chi connectivity index (χ2n) is 6.49. The fraction of sp³-hybridized carbons (Fsp3) is 0.667. The van der Waals surface area contributed by atoms with Gasteiger partial charge >= 0.3 is 0 Å². The van der Waals surface area contributed by atoms with Gasteiger partial charge in [-0.1, -0.05) is 0 Å². The van der Waals surface area contributed by atoms with Crippen molar-refractivity contribution in [2.75, 3.05) is 13.7 Å². The van der Waals surface area contributed by atoms with Crippen LogP contribution in [0, 0.1) is 0 Å². The number of carbonyl (C=O) groups excluding carboxylic acids is 3. The van der Waals surface area contributed by atoms with Crippen LogP contribution >= 0.6 is 0 Å². The summed E-state index contributed by atoms with van der Waals surface area (Å²) >= 11 is 0. The van der Waals surface area contributed by atoms with Crippen LogP contribution in [0.5, 0.6) is 0 Å². The molecular formula is C15H25N3O4. The predicted octanol–water partition coefficient (Wildman–Crippen LogP) is 0.516. The number of hydrazine groups is 1. The second-order valence-corrected chi connectivity index (χ2v) is 6.49. The molecule has 0 atom stereocenters. The second kappa shape index (κ2) is 7.02. The van der Waals surface area contributed by atoms with E-state index >= 15 is 0 Å². The number of hydrogen-bond acceptors (Lipinski definition) is 5. The van der Waals surface area contributed by atoms with Crippen LogP contribution in [-0.4, -0.2) is 47.4 Å². The van der Waals surface area contributed by atoms with Crippen LogP contribution in [-0.2, 0) is 19.1 Å². The fourth-order valence-electron chi connectivity index (χ4n) is 2.31. The van der Waals surface area contributed by atoms with E-state index in [2.05, 4.69) is 10.9 Å². The molecule has 1 aliphatic heterocycles. The van der Waals surface area contributed by atoms with Gasteiger partial charge in [0, 0.05) is 31.3 Å². The average Bonchev–Trinajstić information content (AvgIpc) is 2.68. The molecule has 0 aromatic carbocycles. The lowest BCUT2D eigenvalue weighted by molar-refractivity contribution is -0.144. The van der Waals surface area contributed by atoms with Gasteiger partial charge in [-0.3, -0.25) is 24.7 Å². The van der Waals surface area contributed by atoms with Gasteiger partial charge in [-0.25, -0.2) is 5.43 Å². The Balaban J connectivity index is 2.50. The van der Waals surface area contributed by atoms with Crippen LogP contribution in [0.3, 0.4) is 0 Å². The lowest BCUT2D eigenvalue weighted by Gasteiger charge is -2.35. The quantitative estimate of drug-likeness (QED) is 0.504. The Bertz CT molecular complexity index is 465. The van der Waals surface area contributed by atoms with Crippen molar-refractivity contribution in [1.29, 1.82) is 0 Å². The Labute approximate surface area is 131 Å². The van der Waals surface area contributed by atoms with Crippen LogP contribution in [0.15, 0.2) is 12.2 Å². The molecule has 0 saturated carbocycles. The number of amides is 3. The molecule has 0 unspecified atom stereocenters. The standard InChI is InChI=1S/C15H25N3O4/c1-14(2,18-12(20)6-7-13(18)21)8-9-22-15(3,4)10-11(19)17-16-5/h6-7,16H,8-10H2,1-5H3,(H,17,19). The number of nitrogens with zero attached hydrogens (tertiary/aromatic N) is 1. The summed E-state index contributed by atoms with van der Waals surface area (Å²) < 4.78 is 5.75. The van der Waals surface area contributed by atoms with Gasteiger partial charge in [0.05, 0.1) is 12.0 Å². The molecule has 7 nitrogen and oxygen atoms in total. The van der Waals surface area contributed by atoms with Gasteiger partial charge in [0.25, 0.3) is 11.8 Å². The first-order chi connectivity index (χ1) is 10.1. The summed E-state index contributed by atoms with van der Waals surface area (Å²) in [5.41, 5.74) is 3.79. The Morgan fingerprint density at radius 2 is 1.73 bits per heavy atom. The van der Waals surface area contributed by atoms with Crippen molar-refractivity contribution < 1.29 is 19.1 Å². The molecule has 3 amide bonds. The SMILES string of the molecule is CNNC(=O)CC(C)(C)OCCC(C)(C)N1C(=O)C=CC1=O. The molecule has 124 valence electrons. The van der Waals surface area contributed by atoms with Gasteiger partial charge in [-0.2, -0.15) is 0 Å². The van der Waals surface area contributed by atoms with E-state index in [1.54, 1.807) is 7.05 Å².